The molecule has 120 valence electrons. The number of hydrogen-bond acceptors (Lipinski definition) is 3. The van der Waals surface area contributed by atoms with Gasteiger partial charge >= 0.3 is 0 Å². The van der Waals surface area contributed by atoms with E-state index in [1.807, 2.05) is 30.3 Å². The molecule has 0 amide bonds. The molecule has 1 heterocycles. The number of fused-ring (bicyclic) bond motifs is 3. The summed E-state index contributed by atoms with van der Waals surface area (Å²) in [5.74, 6) is 0.764. The molecule has 0 atom stereocenters. The Morgan fingerprint density at radius 2 is 1.88 bits per heavy atom. The Kier molecular flexibility index (Phi) is 3.69. The third kappa shape index (κ3) is 2.62. The van der Waals surface area contributed by atoms with E-state index in [2.05, 4.69) is 0 Å². The van der Waals surface area contributed by atoms with Crippen molar-refractivity contribution in [1.82, 2.24) is 0 Å². The highest BCUT2D eigenvalue weighted by Gasteiger charge is 2.20. The van der Waals surface area contributed by atoms with Crippen LogP contribution < -0.4 is 0 Å². The maximum Gasteiger partial charge on any atom is 0.189 e. The maximum absolute atomic E-state index is 12.5. The van der Waals surface area contributed by atoms with Gasteiger partial charge < -0.3 is 9.52 Å². The number of hydrogen-bond donors (Lipinski definition) is 1. The summed E-state index contributed by atoms with van der Waals surface area (Å²) in [6.07, 6.45) is 7.44. The average molecular weight is 318 g/mol. The third-order valence-corrected chi connectivity index (χ3v) is 4.57. The van der Waals surface area contributed by atoms with Crippen LogP contribution in [0.1, 0.15) is 40.1 Å². The number of benzene rings is 2. The van der Waals surface area contributed by atoms with Gasteiger partial charge in [-0.3, -0.25) is 4.79 Å². The molecule has 0 saturated heterocycles. The normalized spacial score (nSPS) is 14.2. The van der Waals surface area contributed by atoms with Crippen LogP contribution in [0.2, 0.25) is 0 Å². The zero-order valence-corrected chi connectivity index (χ0v) is 13.3. The van der Waals surface area contributed by atoms with E-state index in [9.17, 15) is 9.90 Å². The van der Waals surface area contributed by atoms with Gasteiger partial charge in [-0.1, -0.05) is 36.4 Å². The molecule has 1 N–H and O–H groups in total. The Morgan fingerprint density at radius 3 is 2.71 bits per heavy atom. The Bertz CT molecular complexity index is 933. The lowest BCUT2D eigenvalue weighted by Crippen LogP contribution is -1.99. The molecule has 0 radical (unpaired) electrons. The molecule has 3 nitrogen and oxygen atoms in total. The number of carbonyl (C=O) groups excluding carboxylic acids is 1. The molecule has 1 aromatic heterocycles. The number of aryl methyl sites for hydroxylation is 2. The third-order valence-electron chi connectivity index (χ3n) is 4.57. The molecule has 0 saturated carbocycles. The number of phenols is 1. The summed E-state index contributed by atoms with van der Waals surface area (Å²) in [6.45, 7) is 0. The lowest BCUT2D eigenvalue weighted by molar-refractivity contribution is 0.104. The number of ketones is 1. The SMILES string of the molecule is O=C(/C=C/c1ccccc1)c1cc2c3c(oc2cc1O)CCCC3. The summed E-state index contributed by atoms with van der Waals surface area (Å²) >= 11 is 0. The first-order valence-electron chi connectivity index (χ1n) is 8.27. The van der Waals surface area contributed by atoms with Crippen molar-refractivity contribution in [3.63, 3.8) is 0 Å². The van der Waals surface area contributed by atoms with Crippen LogP contribution in [0.15, 0.2) is 53.0 Å². The van der Waals surface area contributed by atoms with Crippen molar-refractivity contribution < 1.29 is 14.3 Å². The van der Waals surface area contributed by atoms with E-state index in [1.54, 1.807) is 18.2 Å². The van der Waals surface area contributed by atoms with Crippen molar-refractivity contribution in [3.05, 3.63) is 71.0 Å². The number of phenolic OH excluding ortho intramolecular Hbond substituents is 1. The number of rotatable bonds is 3. The highest BCUT2D eigenvalue weighted by atomic mass is 16.3. The van der Waals surface area contributed by atoms with Crippen molar-refractivity contribution in [3.8, 4) is 5.75 Å². The maximum atomic E-state index is 12.5. The zero-order valence-electron chi connectivity index (χ0n) is 13.3. The van der Waals surface area contributed by atoms with Crippen LogP contribution in [-0.2, 0) is 12.8 Å². The Morgan fingerprint density at radius 1 is 1.08 bits per heavy atom. The van der Waals surface area contributed by atoms with Gasteiger partial charge in [0.25, 0.3) is 0 Å². The van der Waals surface area contributed by atoms with Gasteiger partial charge in [-0.25, -0.2) is 0 Å². The predicted molar refractivity (Wildman–Crippen MR) is 94.3 cm³/mol. The molecule has 4 rings (SSSR count). The largest absolute Gasteiger partial charge is 0.507 e. The quantitative estimate of drug-likeness (QED) is 0.551. The fourth-order valence-corrected chi connectivity index (χ4v) is 3.32. The minimum atomic E-state index is -0.205. The van der Waals surface area contributed by atoms with Gasteiger partial charge in [0.05, 0.1) is 5.56 Å². The minimum Gasteiger partial charge on any atom is -0.507 e. The standard InChI is InChI=1S/C21H18O3/c22-18(11-10-14-6-2-1-3-7-14)17-12-16-15-8-4-5-9-20(15)24-21(16)13-19(17)23/h1-3,6-7,10-13,23H,4-5,8-9H2/b11-10+. The summed E-state index contributed by atoms with van der Waals surface area (Å²) in [7, 11) is 0. The van der Waals surface area contributed by atoms with E-state index < -0.39 is 0 Å². The monoisotopic (exact) mass is 318 g/mol. The van der Waals surface area contributed by atoms with Crippen molar-refractivity contribution in [2.24, 2.45) is 0 Å². The van der Waals surface area contributed by atoms with Crippen LogP contribution in [-0.4, -0.2) is 10.9 Å². The Balaban J connectivity index is 1.72. The van der Waals surface area contributed by atoms with Crippen molar-refractivity contribution >= 4 is 22.8 Å². The fraction of sp³-hybridized carbons (Fsp3) is 0.190. The van der Waals surface area contributed by atoms with Gasteiger partial charge in [-0.15, -0.1) is 0 Å². The Hall–Kier alpha value is -2.81. The molecule has 0 spiro atoms. The molecule has 24 heavy (non-hydrogen) atoms. The minimum absolute atomic E-state index is 0.0312. The average Bonchev–Trinajstić information content (AvgIpc) is 2.97. The molecule has 0 unspecified atom stereocenters. The number of furan rings is 1. The number of allylic oxidation sites excluding steroid dienone is 1. The second kappa shape index (κ2) is 6.00. The molecule has 0 bridgehead atoms. The highest BCUT2D eigenvalue weighted by molar-refractivity contribution is 6.10. The van der Waals surface area contributed by atoms with Crippen LogP contribution in [0.4, 0.5) is 0 Å². The zero-order chi connectivity index (χ0) is 16.5. The second-order valence-corrected chi connectivity index (χ2v) is 6.18. The van der Waals surface area contributed by atoms with Crippen molar-refractivity contribution in [2.45, 2.75) is 25.7 Å². The summed E-state index contributed by atoms with van der Waals surface area (Å²) in [5, 5.41) is 11.2. The van der Waals surface area contributed by atoms with E-state index >= 15 is 0 Å². The number of carbonyl (C=O) groups is 1. The summed E-state index contributed by atoms with van der Waals surface area (Å²) < 4.78 is 5.85. The number of aromatic hydroxyl groups is 1. The second-order valence-electron chi connectivity index (χ2n) is 6.18. The van der Waals surface area contributed by atoms with Gasteiger partial charge in [0.15, 0.2) is 5.78 Å². The summed E-state index contributed by atoms with van der Waals surface area (Å²) in [6, 6.07) is 13.0. The van der Waals surface area contributed by atoms with Gasteiger partial charge in [-0.2, -0.15) is 0 Å². The molecule has 1 aliphatic rings. The van der Waals surface area contributed by atoms with Gasteiger partial charge in [0.2, 0.25) is 0 Å². The van der Waals surface area contributed by atoms with Crippen LogP contribution in [0, 0.1) is 0 Å². The van der Waals surface area contributed by atoms with Gasteiger partial charge in [0, 0.05) is 23.4 Å². The molecule has 0 fully saturated rings. The molecule has 3 aromatic rings. The van der Waals surface area contributed by atoms with E-state index in [4.69, 9.17) is 4.42 Å². The molecule has 3 heteroatoms. The topological polar surface area (TPSA) is 50.4 Å². The molecular formula is C21H18O3. The summed E-state index contributed by atoms with van der Waals surface area (Å²) in [4.78, 5) is 12.5. The van der Waals surface area contributed by atoms with Crippen LogP contribution >= 0.6 is 0 Å². The fourth-order valence-electron chi connectivity index (χ4n) is 3.32. The molecular weight excluding hydrogens is 300 g/mol. The van der Waals surface area contributed by atoms with E-state index in [1.165, 1.54) is 11.6 Å². The molecule has 1 aliphatic carbocycles. The predicted octanol–water partition coefficient (Wildman–Crippen LogP) is 4.91. The van der Waals surface area contributed by atoms with E-state index in [0.29, 0.717) is 11.1 Å². The first-order valence-corrected chi connectivity index (χ1v) is 8.27. The van der Waals surface area contributed by atoms with Crippen LogP contribution in [0.3, 0.4) is 0 Å². The molecule has 2 aromatic carbocycles. The van der Waals surface area contributed by atoms with Crippen molar-refractivity contribution in [2.75, 3.05) is 0 Å². The highest BCUT2D eigenvalue weighted by Crippen LogP contribution is 2.35. The van der Waals surface area contributed by atoms with Gasteiger partial charge in [-0.05, 0) is 37.0 Å². The first kappa shape index (κ1) is 14.8. The van der Waals surface area contributed by atoms with E-state index in [-0.39, 0.29) is 11.5 Å². The lowest BCUT2D eigenvalue weighted by atomic mass is 9.94. The van der Waals surface area contributed by atoms with Crippen molar-refractivity contribution in [1.29, 1.82) is 0 Å². The molecule has 0 aliphatic heterocycles. The Labute approximate surface area is 140 Å². The van der Waals surface area contributed by atoms with Crippen LogP contribution in [0.5, 0.6) is 5.75 Å². The van der Waals surface area contributed by atoms with Gasteiger partial charge in [0.1, 0.15) is 17.1 Å². The smallest absolute Gasteiger partial charge is 0.189 e. The lowest BCUT2D eigenvalue weighted by Gasteiger charge is -2.08. The first-order chi connectivity index (χ1) is 11.7. The van der Waals surface area contributed by atoms with E-state index in [0.717, 1.165) is 42.4 Å². The summed E-state index contributed by atoms with van der Waals surface area (Å²) in [5.41, 5.74) is 3.14. The van der Waals surface area contributed by atoms with Crippen LogP contribution in [0.25, 0.3) is 17.0 Å².